The van der Waals surface area contributed by atoms with E-state index in [0.717, 1.165) is 16.9 Å². The molecular formula is C13H11ClN4O2S2. The lowest BCUT2D eigenvalue weighted by Crippen LogP contribution is -2.07. The predicted molar refractivity (Wildman–Crippen MR) is 90.0 cm³/mol. The van der Waals surface area contributed by atoms with E-state index < -0.39 is 0 Å². The van der Waals surface area contributed by atoms with Gasteiger partial charge in [-0.1, -0.05) is 40.8 Å². The third-order valence-corrected chi connectivity index (χ3v) is 4.97. The molecule has 2 heterocycles. The predicted octanol–water partition coefficient (Wildman–Crippen LogP) is 2.92. The number of hydrogen-bond donors (Lipinski definition) is 2. The standard InChI is InChI=1S/C13H11ClN4O2S2/c1-20-8-3-2-6(4-7(8)14)5-21-13-17-10-9(11(19)18-13)22-12(15)16-10/h2-4H,5H2,1H3,(H3,15,16,17,18,19). The Hall–Kier alpha value is -1.77. The first-order chi connectivity index (χ1) is 10.6. The maximum atomic E-state index is 11.9. The smallest absolute Gasteiger partial charge is 0.293 e. The summed E-state index contributed by atoms with van der Waals surface area (Å²) in [7, 11) is 1.57. The molecule has 0 saturated heterocycles. The van der Waals surface area contributed by atoms with Crippen molar-refractivity contribution in [3.8, 4) is 5.75 Å². The van der Waals surface area contributed by atoms with Crippen molar-refractivity contribution in [2.24, 2.45) is 0 Å². The molecule has 6 nitrogen and oxygen atoms in total. The lowest BCUT2D eigenvalue weighted by molar-refractivity contribution is 0.415. The van der Waals surface area contributed by atoms with E-state index in [1.165, 1.54) is 11.8 Å². The monoisotopic (exact) mass is 354 g/mol. The van der Waals surface area contributed by atoms with Gasteiger partial charge in [0.1, 0.15) is 10.4 Å². The minimum atomic E-state index is -0.321. The molecule has 114 valence electrons. The van der Waals surface area contributed by atoms with E-state index in [0.29, 0.717) is 37.2 Å². The average Bonchev–Trinajstić information content (AvgIpc) is 2.86. The molecule has 1 aromatic carbocycles. The van der Waals surface area contributed by atoms with Crippen molar-refractivity contribution in [2.45, 2.75) is 10.9 Å². The Bertz CT molecular complexity index is 893. The Morgan fingerprint density at radius 3 is 3.00 bits per heavy atom. The fourth-order valence-corrected chi connectivity index (χ4v) is 3.61. The normalized spacial score (nSPS) is 11.0. The van der Waals surface area contributed by atoms with Gasteiger partial charge in [0.25, 0.3) is 5.56 Å². The molecule has 22 heavy (non-hydrogen) atoms. The van der Waals surface area contributed by atoms with E-state index in [4.69, 9.17) is 22.1 Å². The lowest BCUT2D eigenvalue weighted by Gasteiger charge is -2.05. The second kappa shape index (κ2) is 6.15. The number of nitrogens with one attached hydrogen (secondary N) is 1. The summed E-state index contributed by atoms with van der Waals surface area (Å²) in [6.45, 7) is 0. The number of halogens is 1. The molecule has 0 spiro atoms. The molecular weight excluding hydrogens is 344 g/mol. The van der Waals surface area contributed by atoms with Gasteiger partial charge in [-0.25, -0.2) is 4.98 Å². The number of nitrogens with zero attached hydrogens (tertiary/aromatic N) is 2. The van der Waals surface area contributed by atoms with Crippen molar-refractivity contribution in [1.29, 1.82) is 0 Å². The van der Waals surface area contributed by atoms with E-state index in [2.05, 4.69) is 15.0 Å². The Balaban J connectivity index is 1.81. The Morgan fingerprint density at radius 1 is 1.45 bits per heavy atom. The number of aromatic amines is 1. The average molecular weight is 355 g/mol. The van der Waals surface area contributed by atoms with Gasteiger partial charge in [0.2, 0.25) is 0 Å². The summed E-state index contributed by atoms with van der Waals surface area (Å²) in [6, 6.07) is 5.54. The number of H-pyrrole nitrogens is 1. The number of anilines is 1. The summed E-state index contributed by atoms with van der Waals surface area (Å²) in [5.41, 5.74) is 6.75. The quantitative estimate of drug-likeness (QED) is 0.552. The SMILES string of the molecule is COc1ccc(CSc2nc(=O)c3sc(N)nc3[nH]2)cc1Cl. The van der Waals surface area contributed by atoms with Gasteiger partial charge in [-0.2, -0.15) is 4.98 Å². The molecule has 0 unspecified atom stereocenters. The van der Waals surface area contributed by atoms with Gasteiger partial charge in [-0.05, 0) is 17.7 Å². The van der Waals surface area contributed by atoms with E-state index >= 15 is 0 Å². The highest BCUT2D eigenvalue weighted by molar-refractivity contribution is 7.98. The first-order valence-corrected chi connectivity index (χ1v) is 8.36. The number of thiazole rings is 1. The van der Waals surface area contributed by atoms with Crippen LogP contribution in [-0.4, -0.2) is 22.1 Å². The van der Waals surface area contributed by atoms with Gasteiger partial charge in [-0.15, -0.1) is 0 Å². The molecule has 0 saturated carbocycles. The van der Waals surface area contributed by atoms with Crippen LogP contribution in [0.15, 0.2) is 28.2 Å². The summed E-state index contributed by atoms with van der Waals surface area (Å²) in [4.78, 5) is 23.0. The van der Waals surface area contributed by atoms with Crippen LogP contribution in [0.1, 0.15) is 5.56 Å². The zero-order valence-corrected chi connectivity index (χ0v) is 13.8. The molecule has 0 radical (unpaired) electrons. The largest absolute Gasteiger partial charge is 0.495 e. The van der Waals surface area contributed by atoms with Crippen LogP contribution in [0.25, 0.3) is 10.3 Å². The Morgan fingerprint density at radius 2 is 2.27 bits per heavy atom. The number of fused-ring (bicyclic) bond motifs is 1. The molecule has 2 aromatic heterocycles. The van der Waals surface area contributed by atoms with Crippen molar-refractivity contribution < 1.29 is 4.74 Å². The van der Waals surface area contributed by atoms with Crippen molar-refractivity contribution in [3.63, 3.8) is 0 Å². The minimum absolute atomic E-state index is 0.321. The topological polar surface area (TPSA) is 93.9 Å². The number of aromatic nitrogens is 3. The number of nitrogen functional groups attached to an aromatic ring is 1. The van der Waals surface area contributed by atoms with Crippen molar-refractivity contribution in [3.05, 3.63) is 39.1 Å². The van der Waals surface area contributed by atoms with E-state index in [9.17, 15) is 4.79 Å². The van der Waals surface area contributed by atoms with Crippen LogP contribution >= 0.6 is 34.7 Å². The van der Waals surface area contributed by atoms with Crippen molar-refractivity contribution in [2.75, 3.05) is 12.8 Å². The molecule has 0 atom stereocenters. The number of ether oxygens (including phenoxy) is 1. The zero-order chi connectivity index (χ0) is 15.7. The molecule has 0 aliphatic heterocycles. The number of methoxy groups -OCH3 is 1. The first-order valence-electron chi connectivity index (χ1n) is 6.18. The lowest BCUT2D eigenvalue weighted by atomic mass is 10.2. The molecule has 3 rings (SSSR count). The third-order valence-electron chi connectivity index (χ3n) is 2.86. The van der Waals surface area contributed by atoms with Gasteiger partial charge >= 0.3 is 0 Å². The number of nitrogens with two attached hydrogens (primary N) is 1. The van der Waals surface area contributed by atoms with E-state index in [1.54, 1.807) is 13.2 Å². The molecule has 0 fully saturated rings. The number of benzene rings is 1. The van der Waals surface area contributed by atoms with Crippen molar-refractivity contribution >= 4 is 50.2 Å². The molecule has 0 bridgehead atoms. The van der Waals surface area contributed by atoms with E-state index in [1.807, 2.05) is 12.1 Å². The molecule has 3 N–H and O–H groups in total. The maximum absolute atomic E-state index is 11.9. The summed E-state index contributed by atoms with van der Waals surface area (Å²) >= 11 is 8.61. The molecule has 0 aliphatic rings. The molecule has 3 aromatic rings. The summed E-state index contributed by atoms with van der Waals surface area (Å²) in [5, 5.41) is 1.38. The van der Waals surface area contributed by atoms with Crippen LogP contribution in [0, 0.1) is 0 Å². The first kappa shape index (κ1) is 15.1. The van der Waals surface area contributed by atoms with Crippen LogP contribution in [0.4, 0.5) is 5.13 Å². The van der Waals surface area contributed by atoms with Crippen LogP contribution in [-0.2, 0) is 5.75 Å². The summed E-state index contributed by atoms with van der Waals surface area (Å²) < 4.78 is 5.55. The third kappa shape index (κ3) is 3.03. The van der Waals surface area contributed by atoms with Gasteiger partial charge in [0, 0.05) is 5.75 Å². The Labute approximate surface area is 138 Å². The van der Waals surface area contributed by atoms with E-state index in [-0.39, 0.29) is 5.56 Å². The maximum Gasteiger partial charge on any atom is 0.293 e. The fourth-order valence-electron chi connectivity index (χ4n) is 1.86. The number of rotatable bonds is 4. The van der Waals surface area contributed by atoms with Crippen molar-refractivity contribution in [1.82, 2.24) is 15.0 Å². The summed E-state index contributed by atoms with van der Waals surface area (Å²) in [5.74, 6) is 1.24. The number of hydrogen-bond acceptors (Lipinski definition) is 7. The van der Waals surface area contributed by atoms with Crippen LogP contribution in [0.2, 0.25) is 5.02 Å². The number of thioether (sulfide) groups is 1. The van der Waals surface area contributed by atoms with Crippen LogP contribution in [0.5, 0.6) is 5.75 Å². The highest BCUT2D eigenvalue weighted by Gasteiger charge is 2.10. The summed E-state index contributed by atoms with van der Waals surface area (Å²) in [6.07, 6.45) is 0. The van der Waals surface area contributed by atoms with Gasteiger partial charge in [0.05, 0.1) is 12.1 Å². The second-order valence-electron chi connectivity index (χ2n) is 4.33. The molecule has 0 aliphatic carbocycles. The van der Waals surface area contributed by atoms with Gasteiger partial charge in [-0.3, -0.25) is 4.79 Å². The second-order valence-corrected chi connectivity index (χ2v) is 6.74. The zero-order valence-electron chi connectivity index (χ0n) is 11.4. The van der Waals surface area contributed by atoms with Crippen LogP contribution in [0.3, 0.4) is 0 Å². The fraction of sp³-hybridized carbons (Fsp3) is 0.154. The Kier molecular flexibility index (Phi) is 4.23. The van der Waals surface area contributed by atoms with Gasteiger partial charge < -0.3 is 15.5 Å². The van der Waals surface area contributed by atoms with Gasteiger partial charge in [0.15, 0.2) is 15.9 Å². The minimum Gasteiger partial charge on any atom is -0.495 e. The molecule has 9 heteroatoms. The highest BCUT2D eigenvalue weighted by atomic mass is 35.5. The highest BCUT2D eigenvalue weighted by Crippen LogP contribution is 2.28. The van der Waals surface area contributed by atoms with Crippen LogP contribution < -0.4 is 16.0 Å². The molecule has 0 amide bonds.